The van der Waals surface area contributed by atoms with E-state index in [1.807, 2.05) is 37.3 Å². The summed E-state index contributed by atoms with van der Waals surface area (Å²) >= 11 is 0. The first-order valence-corrected chi connectivity index (χ1v) is 7.68. The predicted molar refractivity (Wildman–Crippen MR) is 81.2 cm³/mol. The van der Waals surface area contributed by atoms with Crippen LogP contribution in [0.25, 0.3) is 0 Å². The first-order chi connectivity index (χ1) is 9.98. The van der Waals surface area contributed by atoms with Gasteiger partial charge in [-0.3, -0.25) is 0 Å². The van der Waals surface area contributed by atoms with Gasteiger partial charge in [0.25, 0.3) is 0 Å². The van der Waals surface area contributed by atoms with Crippen molar-refractivity contribution in [2.45, 2.75) is 51.7 Å². The van der Waals surface area contributed by atoms with Gasteiger partial charge in [-0.15, -0.1) is 6.58 Å². The minimum absolute atomic E-state index is 0.0325. The molecule has 0 amide bonds. The minimum atomic E-state index is -3.03. The lowest BCUT2D eigenvalue weighted by Gasteiger charge is -2.29. The van der Waals surface area contributed by atoms with Gasteiger partial charge in [0, 0.05) is 6.42 Å². The third-order valence-electron chi connectivity index (χ3n) is 4.32. The highest BCUT2D eigenvalue weighted by atomic mass is 19.3. The van der Waals surface area contributed by atoms with Gasteiger partial charge in [-0.1, -0.05) is 35.9 Å². The number of ether oxygens (including phenoxy) is 1. The zero-order valence-corrected chi connectivity index (χ0v) is 12.7. The summed E-state index contributed by atoms with van der Waals surface area (Å²) in [7, 11) is 0. The van der Waals surface area contributed by atoms with Gasteiger partial charge < -0.3 is 4.74 Å². The van der Waals surface area contributed by atoms with E-state index in [9.17, 15) is 8.78 Å². The molecule has 0 spiro atoms. The summed E-state index contributed by atoms with van der Waals surface area (Å²) in [4.78, 5) is 0. The van der Waals surface area contributed by atoms with Gasteiger partial charge in [0.05, 0.1) is 6.61 Å². The summed E-state index contributed by atoms with van der Waals surface area (Å²) < 4.78 is 32.7. The molecule has 0 N–H and O–H groups in total. The summed E-state index contributed by atoms with van der Waals surface area (Å²) in [6.07, 6.45) is 2.40. The Balaban J connectivity index is 1.79. The van der Waals surface area contributed by atoms with Crippen LogP contribution in [0.4, 0.5) is 8.78 Å². The maximum Gasteiger partial charge on any atom is 0.356 e. The van der Waals surface area contributed by atoms with Crippen molar-refractivity contribution in [1.82, 2.24) is 0 Å². The van der Waals surface area contributed by atoms with Crippen LogP contribution in [0.5, 0.6) is 0 Å². The van der Waals surface area contributed by atoms with Crippen molar-refractivity contribution in [3.05, 3.63) is 48.0 Å². The fourth-order valence-electron chi connectivity index (χ4n) is 2.90. The first-order valence-electron chi connectivity index (χ1n) is 7.68. The standard InChI is InChI=1S/C18H24F2O/c1-3-15-8-10-16(11-9-15)12-18(19,20)21-13-17-6-4-14(2)5-7-17/h3-7,15-16H,1,8-13H2,2H3/t15-,16-. The molecule has 116 valence electrons. The molecule has 1 aromatic carbocycles. The van der Waals surface area contributed by atoms with E-state index < -0.39 is 6.11 Å². The predicted octanol–water partition coefficient (Wildman–Crippen LogP) is 5.49. The smallest absolute Gasteiger partial charge is 0.316 e. The number of hydrogen-bond donors (Lipinski definition) is 0. The van der Waals surface area contributed by atoms with E-state index >= 15 is 0 Å². The van der Waals surface area contributed by atoms with E-state index in [0.29, 0.717) is 5.92 Å². The maximum absolute atomic E-state index is 13.9. The number of allylic oxidation sites excluding steroid dienone is 1. The molecule has 2 rings (SSSR count). The van der Waals surface area contributed by atoms with Gasteiger partial charge in [0.15, 0.2) is 0 Å². The van der Waals surface area contributed by atoms with Crippen LogP contribution in [0.2, 0.25) is 0 Å². The van der Waals surface area contributed by atoms with Crippen LogP contribution in [0.15, 0.2) is 36.9 Å². The lowest BCUT2D eigenvalue weighted by atomic mass is 9.80. The third-order valence-corrected chi connectivity index (χ3v) is 4.32. The number of alkyl halides is 2. The molecule has 1 saturated carbocycles. The molecular formula is C18H24F2O. The van der Waals surface area contributed by atoms with Crippen LogP contribution in [0.1, 0.15) is 43.2 Å². The number of benzene rings is 1. The molecule has 1 aliphatic rings. The molecule has 0 unspecified atom stereocenters. The molecule has 1 fully saturated rings. The second kappa shape index (κ2) is 7.17. The van der Waals surface area contributed by atoms with Gasteiger partial charge >= 0.3 is 6.11 Å². The van der Waals surface area contributed by atoms with Gasteiger partial charge in [-0.05, 0) is 50.0 Å². The lowest BCUT2D eigenvalue weighted by Crippen LogP contribution is -2.26. The fourth-order valence-corrected chi connectivity index (χ4v) is 2.90. The Labute approximate surface area is 126 Å². The van der Waals surface area contributed by atoms with Crippen LogP contribution in [0.3, 0.4) is 0 Å². The Morgan fingerprint density at radius 2 is 1.81 bits per heavy atom. The second-order valence-electron chi connectivity index (χ2n) is 6.13. The topological polar surface area (TPSA) is 9.23 Å². The Kier molecular flexibility index (Phi) is 5.51. The summed E-state index contributed by atoms with van der Waals surface area (Å²) in [5, 5.41) is 0. The molecule has 0 radical (unpaired) electrons. The molecule has 0 bridgehead atoms. The van der Waals surface area contributed by atoms with E-state index in [2.05, 4.69) is 6.58 Å². The van der Waals surface area contributed by atoms with Crippen LogP contribution in [-0.2, 0) is 11.3 Å². The second-order valence-corrected chi connectivity index (χ2v) is 6.13. The van der Waals surface area contributed by atoms with Crippen molar-refractivity contribution in [2.24, 2.45) is 11.8 Å². The van der Waals surface area contributed by atoms with E-state index in [0.717, 1.165) is 36.8 Å². The Morgan fingerprint density at radius 1 is 1.19 bits per heavy atom. The van der Waals surface area contributed by atoms with Crippen LogP contribution in [-0.4, -0.2) is 6.11 Å². The van der Waals surface area contributed by atoms with Crippen molar-refractivity contribution >= 4 is 0 Å². The van der Waals surface area contributed by atoms with Crippen molar-refractivity contribution < 1.29 is 13.5 Å². The molecule has 0 saturated heterocycles. The Bertz CT molecular complexity index is 445. The normalized spacial score (nSPS) is 23.0. The zero-order chi connectivity index (χ0) is 15.3. The SMILES string of the molecule is C=C[C@H]1CC[C@H](CC(F)(F)OCc2ccc(C)cc2)CC1. The average molecular weight is 294 g/mol. The van der Waals surface area contributed by atoms with Crippen LogP contribution >= 0.6 is 0 Å². The van der Waals surface area contributed by atoms with Crippen LogP contribution < -0.4 is 0 Å². The van der Waals surface area contributed by atoms with E-state index in [-0.39, 0.29) is 18.9 Å². The number of hydrogen-bond acceptors (Lipinski definition) is 1. The lowest BCUT2D eigenvalue weighted by molar-refractivity contribution is -0.256. The summed E-state index contributed by atoms with van der Waals surface area (Å²) in [5.41, 5.74) is 1.90. The molecule has 3 heteroatoms. The van der Waals surface area contributed by atoms with E-state index in [1.165, 1.54) is 0 Å². The fraction of sp³-hybridized carbons (Fsp3) is 0.556. The number of halogens is 2. The maximum atomic E-state index is 13.9. The average Bonchev–Trinajstić information content (AvgIpc) is 2.47. The van der Waals surface area contributed by atoms with Crippen molar-refractivity contribution in [2.75, 3.05) is 0 Å². The van der Waals surface area contributed by atoms with Crippen molar-refractivity contribution in [3.8, 4) is 0 Å². The first kappa shape index (κ1) is 16.2. The molecule has 0 aromatic heterocycles. The summed E-state index contributed by atoms with van der Waals surface area (Å²) in [6, 6.07) is 7.49. The van der Waals surface area contributed by atoms with Gasteiger partial charge in [0.2, 0.25) is 0 Å². The molecule has 0 atom stereocenters. The minimum Gasteiger partial charge on any atom is -0.316 e. The van der Waals surface area contributed by atoms with Gasteiger partial charge in [-0.25, -0.2) is 0 Å². The van der Waals surface area contributed by atoms with Crippen molar-refractivity contribution in [3.63, 3.8) is 0 Å². The highest BCUT2D eigenvalue weighted by molar-refractivity contribution is 5.20. The molecule has 21 heavy (non-hydrogen) atoms. The summed E-state index contributed by atoms with van der Waals surface area (Å²) in [5.74, 6) is 0.567. The number of rotatable bonds is 6. The molecule has 0 aliphatic heterocycles. The van der Waals surface area contributed by atoms with Gasteiger partial charge in [-0.2, -0.15) is 8.78 Å². The van der Waals surface area contributed by atoms with Gasteiger partial charge in [0.1, 0.15) is 0 Å². The highest BCUT2D eigenvalue weighted by Crippen LogP contribution is 2.36. The van der Waals surface area contributed by atoms with Crippen molar-refractivity contribution in [1.29, 1.82) is 0 Å². The Morgan fingerprint density at radius 3 is 2.38 bits per heavy atom. The monoisotopic (exact) mass is 294 g/mol. The molecule has 1 nitrogen and oxygen atoms in total. The van der Waals surface area contributed by atoms with E-state index in [1.54, 1.807) is 0 Å². The molecular weight excluding hydrogens is 270 g/mol. The third kappa shape index (κ3) is 5.24. The molecule has 0 heterocycles. The largest absolute Gasteiger partial charge is 0.356 e. The quantitative estimate of drug-likeness (QED) is 0.631. The Hall–Kier alpha value is -1.22. The van der Waals surface area contributed by atoms with E-state index in [4.69, 9.17) is 4.74 Å². The number of aryl methyl sites for hydroxylation is 1. The zero-order valence-electron chi connectivity index (χ0n) is 12.7. The van der Waals surface area contributed by atoms with Crippen LogP contribution in [0, 0.1) is 18.8 Å². The molecule has 1 aromatic rings. The highest BCUT2D eigenvalue weighted by Gasteiger charge is 2.35. The summed E-state index contributed by atoms with van der Waals surface area (Å²) in [6.45, 7) is 5.72. The molecule has 1 aliphatic carbocycles.